The van der Waals surface area contributed by atoms with Crippen molar-refractivity contribution in [2.24, 2.45) is 0 Å². The number of anilines is 1. The minimum absolute atomic E-state index is 0.296. The standard InChI is InChI=1S/C19H23N3O3/c1-5-10-25-16-8-6-15(12-17(16)24-4)7-9-18(23)22-19-20-13(2)11-14(3)21-19/h6-9,11-12H,5,10H2,1-4H3,(H,20,21,22,23)/b9-7+. The van der Waals surface area contributed by atoms with Gasteiger partial charge in [-0.25, -0.2) is 9.97 Å². The lowest BCUT2D eigenvalue weighted by molar-refractivity contribution is -0.111. The number of aromatic nitrogens is 2. The molecule has 0 saturated carbocycles. The number of hydrogen-bond acceptors (Lipinski definition) is 5. The summed E-state index contributed by atoms with van der Waals surface area (Å²) in [5.41, 5.74) is 2.44. The summed E-state index contributed by atoms with van der Waals surface area (Å²) in [6.45, 7) is 6.38. The summed E-state index contributed by atoms with van der Waals surface area (Å²) in [6, 6.07) is 7.37. The number of ether oxygens (including phenoxy) is 2. The molecule has 0 bridgehead atoms. The highest BCUT2D eigenvalue weighted by molar-refractivity contribution is 6.00. The number of nitrogens with zero attached hydrogens (tertiary/aromatic N) is 2. The molecule has 1 heterocycles. The van der Waals surface area contributed by atoms with Crippen molar-refractivity contribution in [2.75, 3.05) is 19.0 Å². The molecule has 1 amide bonds. The van der Waals surface area contributed by atoms with Crippen molar-refractivity contribution in [3.05, 3.63) is 47.3 Å². The molecule has 6 heteroatoms. The summed E-state index contributed by atoms with van der Waals surface area (Å²) in [4.78, 5) is 20.4. The molecule has 0 aliphatic rings. The van der Waals surface area contributed by atoms with Gasteiger partial charge in [-0.05, 0) is 50.1 Å². The molecule has 0 spiro atoms. The number of amides is 1. The Morgan fingerprint density at radius 1 is 1.16 bits per heavy atom. The van der Waals surface area contributed by atoms with E-state index in [-0.39, 0.29) is 5.91 Å². The maximum Gasteiger partial charge on any atom is 0.250 e. The molecule has 0 radical (unpaired) electrons. The van der Waals surface area contributed by atoms with Crippen LogP contribution in [0.15, 0.2) is 30.3 Å². The molecule has 0 unspecified atom stereocenters. The van der Waals surface area contributed by atoms with Crippen LogP contribution in [-0.4, -0.2) is 29.6 Å². The van der Waals surface area contributed by atoms with Crippen LogP contribution in [-0.2, 0) is 4.79 Å². The van der Waals surface area contributed by atoms with Crippen LogP contribution in [0.4, 0.5) is 5.95 Å². The van der Waals surface area contributed by atoms with E-state index in [1.807, 2.05) is 45.0 Å². The second-order valence-electron chi connectivity index (χ2n) is 5.56. The number of aryl methyl sites for hydroxylation is 2. The molecule has 0 atom stereocenters. The molecular weight excluding hydrogens is 318 g/mol. The third-order valence-electron chi connectivity index (χ3n) is 3.29. The molecule has 25 heavy (non-hydrogen) atoms. The van der Waals surface area contributed by atoms with E-state index in [1.165, 1.54) is 6.08 Å². The first kappa shape index (κ1) is 18.4. The zero-order valence-electron chi connectivity index (χ0n) is 15.0. The topological polar surface area (TPSA) is 73.3 Å². The highest BCUT2D eigenvalue weighted by Crippen LogP contribution is 2.28. The minimum atomic E-state index is -0.296. The Balaban J connectivity index is 2.06. The molecular formula is C19H23N3O3. The average molecular weight is 341 g/mol. The van der Waals surface area contributed by atoms with Gasteiger partial charge in [-0.3, -0.25) is 10.1 Å². The van der Waals surface area contributed by atoms with Gasteiger partial charge >= 0.3 is 0 Å². The van der Waals surface area contributed by atoms with E-state index >= 15 is 0 Å². The molecule has 0 saturated heterocycles. The summed E-state index contributed by atoms with van der Waals surface area (Å²) < 4.78 is 10.9. The Morgan fingerprint density at radius 2 is 1.88 bits per heavy atom. The first-order valence-electron chi connectivity index (χ1n) is 8.14. The Bertz CT molecular complexity index is 752. The molecule has 2 rings (SSSR count). The predicted octanol–water partition coefficient (Wildman–Crippen LogP) is 3.54. The van der Waals surface area contributed by atoms with Gasteiger partial charge < -0.3 is 9.47 Å². The molecule has 132 valence electrons. The van der Waals surface area contributed by atoms with Crippen molar-refractivity contribution in [2.45, 2.75) is 27.2 Å². The number of hydrogen-bond donors (Lipinski definition) is 1. The van der Waals surface area contributed by atoms with Crippen molar-refractivity contribution < 1.29 is 14.3 Å². The van der Waals surface area contributed by atoms with Crippen LogP contribution in [0.2, 0.25) is 0 Å². The van der Waals surface area contributed by atoms with Gasteiger partial charge in [0.2, 0.25) is 5.95 Å². The number of nitrogens with one attached hydrogen (secondary N) is 1. The van der Waals surface area contributed by atoms with E-state index in [2.05, 4.69) is 15.3 Å². The highest BCUT2D eigenvalue weighted by atomic mass is 16.5. The third kappa shape index (κ3) is 5.60. The van der Waals surface area contributed by atoms with E-state index in [9.17, 15) is 4.79 Å². The van der Waals surface area contributed by atoms with Gasteiger partial charge in [-0.2, -0.15) is 0 Å². The van der Waals surface area contributed by atoms with E-state index in [0.29, 0.717) is 24.1 Å². The van der Waals surface area contributed by atoms with Crippen LogP contribution in [0.5, 0.6) is 11.5 Å². The number of methoxy groups -OCH3 is 1. The van der Waals surface area contributed by atoms with Crippen LogP contribution < -0.4 is 14.8 Å². The Morgan fingerprint density at radius 3 is 2.52 bits per heavy atom. The predicted molar refractivity (Wildman–Crippen MR) is 97.9 cm³/mol. The highest BCUT2D eigenvalue weighted by Gasteiger charge is 2.06. The quantitative estimate of drug-likeness (QED) is 0.780. The van der Waals surface area contributed by atoms with Crippen molar-refractivity contribution >= 4 is 17.9 Å². The largest absolute Gasteiger partial charge is 0.493 e. The van der Waals surface area contributed by atoms with Crippen LogP contribution in [0.3, 0.4) is 0 Å². The lowest BCUT2D eigenvalue weighted by atomic mass is 10.2. The molecule has 1 aromatic carbocycles. The number of carbonyl (C=O) groups excluding carboxylic acids is 1. The fraction of sp³-hybridized carbons (Fsp3) is 0.316. The van der Waals surface area contributed by atoms with Gasteiger partial charge in [0.05, 0.1) is 13.7 Å². The van der Waals surface area contributed by atoms with Gasteiger partial charge in [-0.15, -0.1) is 0 Å². The Hall–Kier alpha value is -2.89. The molecule has 0 aliphatic heterocycles. The zero-order valence-corrected chi connectivity index (χ0v) is 15.0. The maximum atomic E-state index is 12.0. The average Bonchev–Trinajstić information content (AvgIpc) is 2.57. The summed E-state index contributed by atoms with van der Waals surface area (Å²) >= 11 is 0. The normalized spacial score (nSPS) is 10.7. The zero-order chi connectivity index (χ0) is 18.2. The van der Waals surface area contributed by atoms with Crippen LogP contribution >= 0.6 is 0 Å². The maximum absolute atomic E-state index is 12.0. The second kappa shape index (κ2) is 8.82. The molecule has 6 nitrogen and oxygen atoms in total. The molecule has 1 aromatic heterocycles. The summed E-state index contributed by atoms with van der Waals surface area (Å²) in [5.74, 6) is 1.33. The van der Waals surface area contributed by atoms with Crippen LogP contribution in [0.25, 0.3) is 6.08 Å². The molecule has 0 fully saturated rings. The lowest BCUT2D eigenvalue weighted by Crippen LogP contribution is -2.11. The fourth-order valence-corrected chi connectivity index (χ4v) is 2.22. The van der Waals surface area contributed by atoms with Gasteiger partial charge in [0.25, 0.3) is 5.91 Å². The Kier molecular flexibility index (Phi) is 6.51. The first-order chi connectivity index (χ1) is 12.0. The van der Waals surface area contributed by atoms with Crippen molar-refractivity contribution in [3.8, 4) is 11.5 Å². The van der Waals surface area contributed by atoms with Crippen molar-refractivity contribution in [1.82, 2.24) is 9.97 Å². The Labute approximate surface area is 147 Å². The lowest BCUT2D eigenvalue weighted by Gasteiger charge is -2.10. The minimum Gasteiger partial charge on any atom is -0.493 e. The summed E-state index contributed by atoms with van der Waals surface area (Å²) in [7, 11) is 1.59. The van der Waals surface area contributed by atoms with E-state index in [1.54, 1.807) is 13.2 Å². The second-order valence-corrected chi connectivity index (χ2v) is 5.56. The first-order valence-corrected chi connectivity index (χ1v) is 8.14. The van der Waals surface area contributed by atoms with Crippen molar-refractivity contribution in [1.29, 1.82) is 0 Å². The van der Waals surface area contributed by atoms with E-state index in [4.69, 9.17) is 9.47 Å². The van der Waals surface area contributed by atoms with Gasteiger partial charge in [0, 0.05) is 17.5 Å². The SMILES string of the molecule is CCCOc1ccc(/C=C/C(=O)Nc2nc(C)cc(C)n2)cc1OC. The van der Waals surface area contributed by atoms with Crippen LogP contribution in [0.1, 0.15) is 30.3 Å². The number of benzene rings is 1. The smallest absolute Gasteiger partial charge is 0.250 e. The third-order valence-corrected chi connectivity index (χ3v) is 3.29. The van der Waals surface area contributed by atoms with E-state index < -0.39 is 0 Å². The van der Waals surface area contributed by atoms with Gasteiger partial charge in [-0.1, -0.05) is 13.0 Å². The van der Waals surface area contributed by atoms with Crippen molar-refractivity contribution in [3.63, 3.8) is 0 Å². The van der Waals surface area contributed by atoms with E-state index in [0.717, 1.165) is 23.4 Å². The summed E-state index contributed by atoms with van der Waals surface area (Å²) in [5, 5.41) is 2.66. The number of carbonyl (C=O) groups is 1. The fourth-order valence-electron chi connectivity index (χ4n) is 2.22. The molecule has 2 aromatic rings. The number of rotatable bonds is 7. The van der Waals surface area contributed by atoms with Crippen LogP contribution in [0, 0.1) is 13.8 Å². The molecule has 1 N–H and O–H groups in total. The van der Waals surface area contributed by atoms with Gasteiger partial charge in [0.15, 0.2) is 11.5 Å². The summed E-state index contributed by atoms with van der Waals surface area (Å²) in [6.07, 6.45) is 4.05. The van der Waals surface area contributed by atoms with Gasteiger partial charge in [0.1, 0.15) is 0 Å². The molecule has 0 aliphatic carbocycles. The monoisotopic (exact) mass is 341 g/mol.